The second-order valence-electron chi connectivity index (χ2n) is 18.5. The van der Waals surface area contributed by atoms with Crippen molar-refractivity contribution in [2.75, 3.05) is 87.4 Å². The molecule has 5 aromatic rings. The topological polar surface area (TPSA) is 185 Å². The van der Waals surface area contributed by atoms with E-state index in [0.29, 0.717) is 55.9 Å². The second-order valence-corrected chi connectivity index (χ2v) is 20.6. The largest absolute Gasteiger partial charge is 0.476 e. The van der Waals surface area contributed by atoms with Gasteiger partial charge in [-0.25, -0.2) is 13.1 Å². The van der Waals surface area contributed by atoms with Gasteiger partial charge in [-0.1, -0.05) is 43.2 Å². The number of halogens is 1. The van der Waals surface area contributed by atoms with Gasteiger partial charge in [0.2, 0.25) is 5.88 Å². The smallest absolute Gasteiger partial charge is 0.293 e. The minimum Gasteiger partial charge on any atom is -0.476 e. The highest BCUT2D eigenvalue weighted by Gasteiger charge is 2.32. The number of carbonyl (C=O) groups excluding carboxylic acids is 1. The van der Waals surface area contributed by atoms with Crippen molar-refractivity contribution >= 4 is 72.6 Å². The number of amides is 1. The molecule has 1 aliphatic carbocycles. The first-order valence-corrected chi connectivity index (χ1v) is 24.9. The summed E-state index contributed by atoms with van der Waals surface area (Å²) in [5.41, 5.74) is 6.78. The van der Waals surface area contributed by atoms with Gasteiger partial charge in [0.25, 0.3) is 21.6 Å². The van der Waals surface area contributed by atoms with Gasteiger partial charge in [-0.05, 0) is 110 Å². The Labute approximate surface area is 395 Å². The number of allylic oxidation sites excluding steroid dienone is 1. The summed E-state index contributed by atoms with van der Waals surface area (Å²) in [5.74, 6) is -0.485. The summed E-state index contributed by atoms with van der Waals surface area (Å²) in [4.78, 5) is 40.4. The summed E-state index contributed by atoms with van der Waals surface area (Å²) in [6.07, 6.45) is 7.12. The molecule has 0 saturated carbocycles. The van der Waals surface area contributed by atoms with E-state index >= 15 is 0 Å². The number of anilines is 4. The Balaban J connectivity index is 1.00. The number of aromatic nitrogens is 2. The molecule has 0 radical (unpaired) electrons. The summed E-state index contributed by atoms with van der Waals surface area (Å²) in [6, 6.07) is 21.1. The number of piperazine rings is 1. The number of carbonyl (C=O) groups is 1. The lowest BCUT2D eigenvalue weighted by Gasteiger charge is -2.39. The van der Waals surface area contributed by atoms with Crippen LogP contribution < -0.4 is 24.6 Å². The molecule has 2 aromatic heterocycles. The Morgan fingerprint density at radius 1 is 0.955 bits per heavy atom. The van der Waals surface area contributed by atoms with Gasteiger partial charge in [-0.15, -0.1) is 0 Å². The first-order chi connectivity index (χ1) is 32.3. The fourth-order valence-corrected chi connectivity index (χ4v) is 10.6. The summed E-state index contributed by atoms with van der Waals surface area (Å²) in [5, 5.41) is 16.8. The minimum atomic E-state index is -4.61. The van der Waals surface area contributed by atoms with E-state index in [1.54, 1.807) is 6.07 Å². The van der Waals surface area contributed by atoms with Crippen LogP contribution in [-0.2, 0) is 19.5 Å². The van der Waals surface area contributed by atoms with E-state index in [1.165, 1.54) is 28.8 Å². The quantitative estimate of drug-likeness (QED) is 0.0799. The van der Waals surface area contributed by atoms with Crippen molar-refractivity contribution in [3.63, 3.8) is 0 Å². The average molecular weight is 954 g/mol. The number of nitrogens with one attached hydrogen (secondary N) is 3. The molecule has 4 aliphatic rings. The van der Waals surface area contributed by atoms with E-state index in [0.717, 1.165) is 93.4 Å². The molecule has 0 unspecified atom stereocenters. The highest BCUT2D eigenvalue weighted by molar-refractivity contribution is 7.90. The lowest BCUT2D eigenvalue weighted by molar-refractivity contribution is -0.384. The molecular formula is C49H57ClN8O8S. The molecule has 2 fully saturated rings. The van der Waals surface area contributed by atoms with E-state index in [4.69, 9.17) is 30.8 Å². The van der Waals surface area contributed by atoms with Gasteiger partial charge in [0.15, 0.2) is 0 Å². The third-order valence-electron chi connectivity index (χ3n) is 13.2. The Morgan fingerprint density at radius 2 is 1.78 bits per heavy atom. The van der Waals surface area contributed by atoms with Gasteiger partial charge >= 0.3 is 0 Å². The Morgan fingerprint density at radius 3 is 2.55 bits per heavy atom. The maximum atomic E-state index is 14.5. The van der Waals surface area contributed by atoms with Crippen LogP contribution >= 0.6 is 11.6 Å². The minimum absolute atomic E-state index is 0.106. The van der Waals surface area contributed by atoms with Crippen molar-refractivity contribution in [1.29, 1.82) is 0 Å². The van der Waals surface area contributed by atoms with Crippen molar-refractivity contribution in [3.05, 3.63) is 111 Å². The summed E-state index contributed by atoms with van der Waals surface area (Å²) in [6.45, 7) is 11.1. The highest BCUT2D eigenvalue weighted by Crippen LogP contribution is 2.44. The molecule has 2 saturated heterocycles. The van der Waals surface area contributed by atoms with E-state index in [9.17, 15) is 23.3 Å². The van der Waals surface area contributed by atoms with Gasteiger partial charge in [0, 0.05) is 74.2 Å². The normalized spacial score (nSPS) is 19.5. The maximum absolute atomic E-state index is 14.5. The average Bonchev–Trinajstić information content (AvgIpc) is 3.82. The first-order valence-electron chi connectivity index (χ1n) is 23.1. The van der Waals surface area contributed by atoms with E-state index in [1.807, 2.05) is 47.5 Å². The second kappa shape index (κ2) is 19.9. The SMILES string of the molecule is CC1(C)CCC(CN2CCN(c3ccc(C(=O)NS(=O)(=O)c4ccc(NC[C@H]5COCCO5)c([N+](=O)[O-])c4)c(N4CCCCCOc5nc6[nH]ccc6cc54)c3)CC2)=C(c2ccc(Cl)cc2)C1. The molecule has 1 amide bonds. The molecule has 67 heavy (non-hydrogen) atoms. The molecule has 3 aliphatic heterocycles. The number of pyridine rings is 1. The number of hydrogen-bond acceptors (Lipinski definition) is 13. The monoisotopic (exact) mass is 952 g/mol. The Hall–Kier alpha value is -5.72. The fraction of sp³-hybridized carbons (Fsp3) is 0.429. The lowest BCUT2D eigenvalue weighted by atomic mass is 9.72. The maximum Gasteiger partial charge on any atom is 0.293 e. The molecule has 354 valence electrons. The van der Waals surface area contributed by atoms with Crippen LogP contribution in [0.1, 0.15) is 68.3 Å². The molecule has 3 aromatic carbocycles. The van der Waals surface area contributed by atoms with Crippen molar-refractivity contribution in [2.45, 2.75) is 63.4 Å². The summed E-state index contributed by atoms with van der Waals surface area (Å²) in [7, 11) is -4.61. The number of hydrogen-bond donors (Lipinski definition) is 3. The van der Waals surface area contributed by atoms with Crippen LogP contribution in [0.15, 0.2) is 89.5 Å². The number of rotatable bonds is 12. The van der Waals surface area contributed by atoms with E-state index in [-0.39, 0.29) is 29.3 Å². The Kier molecular flexibility index (Phi) is 13.8. The van der Waals surface area contributed by atoms with Crippen molar-refractivity contribution < 1.29 is 32.3 Å². The van der Waals surface area contributed by atoms with Crippen LogP contribution in [0.3, 0.4) is 0 Å². The molecule has 5 heterocycles. The van der Waals surface area contributed by atoms with Crippen LogP contribution in [0.2, 0.25) is 5.02 Å². The zero-order chi connectivity index (χ0) is 46.7. The number of benzene rings is 3. The molecule has 1 atom stereocenters. The fourth-order valence-electron chi connectivity index (χ4n) is 9.46. The van der Waals surface area contributed by atoms with Gasteiger partial charge in [0.05, 0.1) is 53.6 Å². The van der Waals surface area contributed by atoms with Gasteiger partial charge in [0.1, 0.15) is 17.0 Å². The number of fused-ring (bicyclic) bond motifs is 2. The molecule has 0 bridgehead atoms. The predicted molar refractivity (Wildman–Crippen MR) is 260 cm³/mol. The number of H-pyrrole nitrogens is 1. The van der Waals surface area contributed by atoms with Gasteiger partial charge in [-0.2, -0.15) is 4.98 Å². The van der Waals surface area contributed by atoms with Crippen LogP contribution in [0.5, 0.6) is 5.88 Å². The van der Waals surface area contributed by atoms with Gasteiger partial charge < -0.3 is 34.3 Å². The summed E-state index contributed by atoms with van der Waals surface area (Å²) < 4.78 is 47.6. The molecule has 9 rings (SSSR count). The number of ether oxygens (including phenoxy) is 3. The predicted octanol–water partition coefficient (Wildman–Crippen LogP) is 8.56. The lowest BCUT2D eigenvalue weighted by Crippen LogP contribution is -2.47. The first kappa shape index (κ1) is 46.4. The van der Waals surface area contributed by atoms with E-state index in [2.05, 4.69) is 50.8 Å². The number of aromatic amines is 1. The Bertz CT molecular complexity index is 2770. The zero-order valence-electron chi connectivity index (χ0n) is 37.9. The molecule has 0 spiro atoms. The number of sulfonamides is 1. The number of nitrogens with zero attached hydrogens (tertiary/aromatic N) is 5. The summed E-state index contributed by atoms with van der Waals surface area (Å²) >= 11 is 6.28. The molecule has 3 N–H and O–H groups in total. The molecular weight excluding hydrogens is 896 g/mol. The number of nitro benzene ring substituents is 1. The standard InChI is InChI=1S/C49H57ClN8O8S/c1-49(2)16-14-35(41(29-49)33-6-8-36(50)9-7-33)31-55-19-21-56(22-20-55)37-10-12-40(43(27-37)57-18-4-3-5-23-66-48-45(57)26-34-15-17-51-46(34)53-48)47(59)54-67(62,63)39-11-13-42(44(28-39)58(60)61)52-30-38-32-64-24-25-65-38/h6-13,15,17,26-28,38,52H,3-5,14,16,18-25,29-32H2,1-2H3,(H,51,53)(H,54,59)/t38-/m0/s1. The molecule has 16 nitrogen and oxygen atoms in total. The van der Waals surface area contributed by atoms with Crippen molar-refractivity contribution in [3.8, 4) is 5.88 Å². The van der Waals surface area contributed by atoms with Crippen LogP contribution in [0.25, 0.3) is 16.6 Å². The van der Waals surface area contributed by atoms with Gasteiger partial charge in [-0.3, -0.25) is 19.8 Å². The van der Waals surface area contributed by atoms with Crippen LogP contribution in [-0.4, -0.2) is 112 Å². The van der Waals surface area contributed by atoms with Crippen LogP contribution in [0, 0.1) is 15.5 Å². The third-order valence-corrected chi connectivity index (χ3v) is 14.8. The highest BCUT2D eigenvalue weighted by atomic mass is 35.5. The zero-order valence-corrected chi connectivity index (χ0v) is 39.5. The third kappa shape index (κ3) is 10.7. The number of nitro groups is 1. The van der Waals surface area contributed by atoms with E-state index < -0.39 is 31.4 Å². The molecule has 18 heteroatoms. The van der Waals surface area contributed by atoms with Crippen molar-refractivity contribution in [1.82, 2.24) is 19.6 Å². The van der Waals surface area contributed by atoms with Crippen LogP contribution in [0.4, 0.5) is 28.4 Å². The van der Waals surface area contributed by atoms with Crippen molar-refractivity contribution in [2.24, 2.45) is 5.41 Å².